The maximum Gasteiger partial charge on any atom is 0.153 e. The van der Waals surface area contributed by atoms with E-state index in [0.717, 1.165) is 28.4 Å². The van der Waals surface area contributed by atoms with Crippen LogP contribution in [0.25, 0.3) is 22.0 Å². The molecule has 0 bridgehead atoms. The van der Waals surface area contributed by atoms with Crippen LogP contribution in [0.3, 0.4) is 0 Å². The summed E-state index contributed by atoms with van der Waals surface area (Å²) >= 11 is 1.70. The number of rotatable bonds is 7. The van der Waals surface area contributed by atoms with Crippen LogP contribution in [0.5, 0.6) is 5.75 Å². The number of hydrogen-bond acceptors (Lipinski definition) is 7. The molecule has 0 fully saturated rings. The van der Waals surface area contributed by atoms with Crippen molar-refractivity contribution in [2.75, 3.05) is 12.4 Å². The Morgan fingerprint density at radius 1 is 1.23 bits per heavy atom. The fourth-order valence-corrected chi connectivity index (χ4v) is 4.56. The highest BCUT2D eigenvalue weighted by Crippen LogP contribution is 2.34. The summed E-state index contributed by atoms with van der Waals surface area (Å²) in [7, 11) is 1.55. The number of carbonyl (C=O) groups is 1. The average molecular weight is 433 g/mol. The molecule has 0 saturated carbocycles. The first-order valence-electron chi connectivity index (χ1n) is 9.99. The van der Waals surface area contributed by atoms with Gasteiger partial charge in [-0.25, -0.2) is 9.97 Å². The number of aryl methyl sites for hydroxylation is 1. The number of benzene rings is 2. The van der Waals surface area contributed by atoms with Crippen molar-refractivity contribution in [1.29, 1.82) is 0 Å². The van der Waals surface area contributed by atoms with Crippen molar-refractivity contribution in [3.05, 3.63) is 69.7 Å². The molecule has 4 rings (SSSR count). The summed E-state index contributed by atoms with van der Waals surface area (Å²) in [4.78, 5) is 21.7. The first-order valence-corrected chi connectivity index (χ1v) is 10.9. The third-order valence-corrected chi connectivity index (χ3v) is 6.35. The maximum absolute atomic E-state index is 11.4. The molecule has 31 heavy (non-hydrogen) atoms. The van der Waals surface area contributed by atoms with Gasteiger partial charge in [0, 0.05) is 16.8 Å². The molecule has 1 unspecified atom stereocenters. The van der Waals surface area contributed by atoms with E-state index in [0.29, 0.717) is 35.0 Å². The second kappa shape index (κ2) is 8.83. The van der Waals surface area contributed by atoms with E-state index in [-0.39, 0.29) is 6.04 Å². The zero-order chi connectivity index (χ0) is 22.0. The molecule has 2 aromatic heterocycles. The smallest absolute Gasteiger partial charge is 0.153 e. The molecule has 2 heterocycles. The third kappa shape index (κ3) is 4.15. The first-order chi connectivity index (χ1) is 15.0. The van der Waals surface area contributed by atoms with E-state index in [2.05, 4.69) is 45.8 Å². The lowest BCUT2D eigenvalue weighted by Crippen LogP contribution is -2.08. The number of nitrogens with zero attached hydrogens (tertiary/aromatic N) is 2. The Bertz CT molecular complexity index is 1250. The van der Waals surface area contributed by atoms with Crippen molar-refractivity contribution < 1.29 is 9.53 Å². The molecule has 0 saturated heterocycles. The van der Waals surface area contributed by atoms with E-state index < -0.39 is 0 Å². The molecule has 6 nitrogen and oxygen atoms in total. The molecule has 1 atom stereocenters. The number of ether oxygens (including phenoxy) is 1. The Kier molecular flexibility index (Phi) is 5.97. The number of fused-ring (bicyclic) bond motifs is 1. The zero-order valence-corrected chi connectivity index (χ0v) is 18.5. The number of nitrogens with one attached hydrogen (secondary N) is 1. The van der Waals surface area contributed by atoms with Crippen LogP contribution >= 0.6 is 11.3 Å². The third-order valence-electron chi connectivity index (χ3n) is 5.23. The van der Waals surface area contributed by atoms with E-state index in [1.165, 1.54) is 4.88 Å². The summed E-state index contributed by atoms with van der Waals surface area (Å²) in [5.74, 6) is 1.85. The van der Waals surface area contributed by atoms with Gasteiger partial charge in [-0.3, -0.25) is 4.79 Å². The summed E-state index contributed by atoms with van der Waals surface area (Å²) in [5.41, 5.74) is 10.5. The number of nitrogens with two attached hydrogens (primary N) is 1. The molecule has 0 radical (unpaired) electrons. The highest BCUT2D eigenvalue weighted by atomic mass is 32.1. The monoisotopic (exact) mass is 432 g/mol. The van der Waals surface area contributed by atoms with Crippen molar-refractivity contribution in [1.82, 2.24) is 9.97 Å². The van der Waals surface area contributed by atoms with Gasteiger partial charge in [0.05, 0.1) is 24.2 Å². The fraction of sp³-hybridized carbons (Fsp3) is 0.208. The van der Waals surface area contributed by atoms with Crippen molar-refractivity contribution in [3.63, 3.8) is 0 Å². The number of thiophene rings is 1. The molecule has 0 aliphatic carbocycles. The molecule has 0 aliphatic heterocycles. The molecule has 4 aromatic rings. The van der Waals surface area contributed by atoms with Gasteiger partial charge in [-0.05, 0) is 54.1 Å². The van der Waals surface area contributed by atoms with Crippen molar-refractivity contribution in [2.45, 2.75) is 26.4 Å². The van der Waals surface area contributed by atoms with Gasteiger partial charge in [-0.2, -0.15) is 0 Å². The van der Waals surface area contributed by atoms with Crippen molar-refractivity contribution >= 4 is 34.3 Å². The van der Waals surface area contributed by atoms with Gasteiger partial charge in [-0.15, -0.1) is 11.3 Å². The molecule has 0 amide bonds. The number of methoxy groups -OCH3 is 1. The Labute approximate surface area is 185 Å². The Morgan fingerprint density at radius 2 is 2.03 bits per heavy atom. The predicted molar refractivity (Wildman–Crippen MR) is 126 cm³/mol. The summed E-state index contributed by atoms with van der Waals surface area (Å²) < 4.78 is 5.37. The second-order valence-corrected chi connectivity index (χ2v) is 8.26. The van der Waals surface area contributed by atoms with Crippen LogP contribution in [-0.4, -0.2) is 23.4 Å². The lowest BCUT2D eigenvalue weighted by molar-refractivity contribution is 0.112. The lowest BCUT2D eigenvalue weighted by Gasteiger charge is -2.16. The maximum atomic E-state index is 11.4. The minimum Gasteiger partial charge on any atom is -0.496 e. The van der Waals surface area contributed by atoms with E-state index in [1.54, 1.807) is 24.5 Å². The summed E-state index contributed by atoms with van der Waals surface area (Å²) in [6.45, 7) is 4.45. The minimum absolute atomic E-state index is 0.0260. The Hall–Kier alpha value is -3.29. The van der Waals surface area contributed by atoms with Crippen LogP contribution in [0.1, 0.15) is 39.6 Å². The largest absolute Gasteiger partial charge is 0.496 e. The van der Waals surface area contributed by atoms with Crippen LogP contribution in [0.2, 0.25) is 0 Å². The lowest BCUT2D eigenvalue weighted by atomic mass is 10.0. The molecule has 3 N–H and O–H groups in total. The minimum atomic E-state index is 0.0260. The molecule has 158 valence electrons. The van der Waals surface area contributed by atoms with Gasteiger partial charge in [-0.1, -0.05) is 24.3 Å². The van der Waals surface area contributed by atoms with Gasteiger partial charge >= 0.3 is 0 Å². The topological polar surface area (TPSA) is 90.1 Å². The standard InChI is InChI=1S/C24H24N4O2S/c1-14(23-9-18(13-31-23)19-7-5-4-6-16(19)11-25)26-24-20-10-22(30-3)17(12-29)8-21(20)27-15(2)28-24/h4-10,12-14H,11,25H2,1-3H3,(H,26,27,28). The average Bonchev–Trinajstić information content (AvgIpc) is 3.28. The SMILES string of the molecule is COc1cc2c(NC(C)c3cc(-c4ccccc4CN)cs3)nc(C)nc2cc1C=O. The Morgan fingerprint density at radius 3 is 2.77 bits per heavy atom. The normalized spacial score (nSPS) is 12.0. The second-order valence-electron chi connectivity index (χ2n) is 7.31. The molecule has 0 spiro atoms. The zero-order valence-electron chi connectivity index (χ0n) is 17.7. The summed E-state index contributed by atoms with van der Waals surface area (Å²) in [5, 5.41) is 6.48. The molecular formula is C24H24N4O2S. The highest BCUT2D eigenvalue weighted by molar-refractivity contribution is 7.10. The van der Waals surface area contributed by atoms with Gasteiger partial charge in [0.15, 0.2) is 6.29 Å². The van der Waals surface area contributed by atoms with Crippen LogP contribution < -0.4 is 15.8 Å². The van der Waals surface area contributed by atoms with Crippen LogP contribution in [0.15, 0.2) is 47.8 Å². The number of anilines is 1. The predicted octanol–water partition coefficient (Wildman–Crippen LogP) is 5.12. The van der Waals surface area contributed by atoms with Gasteiger partial charge < -0.3 is 15.8 Å². The first kappa shape index (κ1) is 21.0. The van der Waals surface area contributed by atoms with Gasteiger partial charge in [0.2, 0.25) is 0 Å². The van der Waals surface area contributed by atoms with E-state index in [4.69, 9.17) is 10.5 Å². The number of aromatic nitrogens is 2. The van der Waals surface area contributed by atoms with E-state index >= 15 is 0 Å². The molecule has 7 heteroatoms. The quantitative estimate of drug-likeness (QED) is 0.394. The molecule has 0 aliphatic rings. The summed E-state index contributed by atoms with van der Waals surface area (Å²) in [6, 6.07) is 14.0. The van der Waals surface area contributed by atoms with E-state index in [1.807, 2.05) is 25.1 Å². The van der Waals surface area contributed by atoms with Crippen molar-refractivity contribution in [3.8, 4) is 16.9 Å². The van der Waals surface area contributed by atoms with Crippen LogP contribution in [-0.2, 0) is 6.54 Å². The number of aldehydes is 1. The highest BCUT2D eigenvalue weighted by Gasteiger charge is 2.16. The van der Waals surface area contributed by atoms with Crippen molar-refractivity contribution in [2.24, 2.45) is 5.73 Å². The molecular weight excluding hydrogens is 408 g/mol. The summed E-state index contributed by atoms with van der Waals surface area (Å²) in [6.07, 6.45) is 0.776. The van der Waals surface area contributed by atoms with Gasteiger partial charge in [0.1, 0.15) is 17.4 Å². The van der Waals surface area contributed by atoms with E-state index in [9.17, 15) is 4.79 Å². The Balaban J connectivity index is 1.68. The number of carbonyl (C=O) groups excluding carboxylic acids is 1. The van der Waals surface area contributed by atoms with Crippen LogP contribution in [0.4, 0.5) is 5.82 Å². The van der Waals surface area contributed by atoms with Gasteiger partial charge in [0.25, 0.3) is 0 Å². The number of hydrogen-bond donors (Lipinski definition) is 2. The molecule has 2 aromatic carbocycles. The van der Waals surface area contributed by atoms with Crippen LogP contribution in [0, 0.1) is 6.92 Å². The fourth-order valence-electron chi connectivity index (χ4n) is 3.64.